The number of aliphatic hydroxyl groups is 1. The number of fused-ring (bicyclic) bond motifs is 2. The second-order valence-corrected chi connectivity index (χ2v) is 8.90. The Kier molecular flexibility index (Phi) is 5.25. The number of nitrogen functional groups attached to an aromatic ring is 1. The third-order valence-corrected chi connectivity index (χ3v) is 6.55. The summed E-state index contributed by atoms with van der Waals surface area (Å²) < 4.78 is 19.6. The zero-order valence-electron chi connectivity index (χ0n) is 19.5. The Labute approximate surface area is 204 Å². The van der Waals surface area contributed by atoms with Crippen molar-refractivity contribution >= 4 is 27.8 Å². The fourth-order valence-electron chi connectivity index (χ4n) is 4.73. The van der Waals surface area contributed by atoms with Gasteiger partial charge in [0, 0.05) is 17.8 Å². The van der Waals surface area contributed by atoms with E-state index in [0.29, 0.717) is 46.6 Å². The molecule has 0 amide bonds. The van der Waals surface area contributed by atoms with Crippen LogP contribution in [0.1, 0.15) is 44.1 Å². The Bertz CT molecular complexity index is 1670. The number of hydrogen-bond donors (Lipinski definition) is 2. The molecule has 3 N–H and O–H groups in total. The van der Waals surface area contributed by atoms with Crippen molar-refractivity contribution < 1.29 is 9.50 Å². The molecule has 1 aromatic carbocycles. The topological polar surface area (TPSA) is 143 Å². The standard InChI is InChI=1S/C24H24FN9O2/c1-2-17(22-30-16-5-3-4-15(25)18(16)24(36)33(22)14-6-7-14)34-23-19(21(26)27-12-28-23)20(31-34)13-10-29-32(11-13)8-9-35/h3-5,10-12,14,17,35H,2,6-9H2,1H3,(H2,26,27,28). The highest BCUT2D eigenvalue weighted by Gasteiger charge is 2.33. The fourth-order valence-corrected chi connectivity index (χ4v) is 4.73. The lowest BCUT2D eigenvalue weighted by molar-refractivity contribution is 0.269. The van der Waals surface area contributed by atoms with E-state index in [1.807, 2.05) is 6.92 Å². The van der Waals surface area contributed by atoms with E-state index in [1.54, 1.807) is 38.5 Å². The first-order valence-corrected chi connectivity index (χ1v) is 11.8. The van der Waals surface area contributed by atoms with Gasteiger partial charge in [-0.25, -0.2) is 24.0 Å². The predicted octanol–water partition coefficient (Wildman–Crippen LogP) is 2.45. The van der Waals surface area contributed by atoms with Crippen molar-refractivity contribution in [2.75, 3.05) is 12.3 Å². The smallest absolute Gasteiger partial charge is 0.264 e. The van der Waals surface area contributed by atoms with Gasteiger partial charge in [0.1, 0.15) is 40.9 Å². The van der Waals surface area contributed by atoms with Crippen LogP contribution in [0, 0.1) is 5.82 Å². The van der Waals surface area contributed by atoms with Crippen molar-refractivity contribution in [2.45, 2.75) is 44.8 Å². The van der Waals surface area contributed by atoms with Crippen molar-refractivity contribution in [2.24, 2.45) is 0 Å². The number of aromatic nitrogens is 8. The maximum atomic E-state index is 14.6. The minimum absolute atomic E-state index is 0.00289. The zero-order chi connectivity index (χ0) is 25.0. The molecule has 0 radical (unpaired) electrons. The molecule has 1 saturated carbocycles. The molecule has 1 fully saturated rings. The number of nitrogens with two attached hydrogens (primary N) is 1. The molecule has 1 unspecified atom stereocenters. The first-order valence-electron chi connectivity index (χ1n) is 11.8. The SMILES string of the molecule is CCC(c1nc2cccc(F)c2c(=O)n1C1CC1)n1nc(-c2cnn(CCO)c2)c2c(N)ncnc21. The highest BCUT2D eigenvalue weighted by atomic mass is 19.1. The average molecular weight is 490 g/mol. The van der Waals surface area contributed by atoms with E-state index in [4.69, 9.17) is 15.8 Å². The summed E-state index contributed by atoms with van der Waals surface area (Å²) >= 11 is 0. The molecule has 12 heteroatoms. The quantitative estimate of drug-likeness (QED) is 0.355. The molecular weight excluding hydrogens is 465 g/mol. The minimum Gasteiger partial charge on any atom is -0.394 e. The van der Waals surface area contributed by atoms with Crippen LogP contribution in [0.25, 0.3) is 33.2 Å². The number of nitrogens with zero attached hydrogens (tertiary/aromatic N) is 8. The van der Waals surface area contributed by atoms with E-state index >= 15 is 0 Å². The molecule has 5 aromatic rings. The minimum atomic E-state index is -0.578. The Hall–Kier alpha value is -4.19. The van der Waals surface area contributed by atoms with E-state index < -0.39 is 11.9 Å². The summed E-state index contributed by atoms with van der Waals surface area (Å²) in [5.74, 6) is 0.192. The van der Waals surface area contributed by atoms with Gasteiger partial charge in [-0.3, -0.25) is 14.0 Å². The van der Waals surface area contributed by atoms with Crippen LogP contribution in [-0.4, -0.2) is 50.8 Å². The molecular formula is C24H24FN9O2. The number of hydrogen-bond acceptors (Lipinski definition) is 8. The van der Waals surface area contributed by atoms with Crippen LogP contribution in [0.2, 0.25) is 0 Å². The second-order valence-electron chi connectivity index (χ2n) is 8.90. The van der Waals surface area contributed by atoms with E-state index in [0.717, 1.165) is 12.8 Å². The zero-order valence-corrected chi connectivity index (χ0v) is 19.5. The van der Waals surface area contributed by atoms with E-state index in [1.165, 1.54) is 12.4 Å². The van der Waals surface area contributed by atoms with Crippen LogP contribution in [0.4, 0.5) is 10.2 Å². The Morgan fingerprint density at radius 3 is 2.83 bits per heavy atom. The fraction of sp³-hybridized carbons (Fsp3) is 0.333. The summed E-state index contributed by atoms with van der Waals surface area (Å²) in [5, 5.41) is 19.0. The number of benzene rings is 1. The largest absolute Gasteiger partial charge is 0.394 e. The Morgan fingerprint density at radius 2 is 2.08 bits per heavy atom. The molecule has 4 heterocycles. The lowest BCUT2D eigenvalue weighted by Gasteiger charge is -2.21. The first-order chi connectivity index (χ1) is 17.5. The van der Waals surface area contributed by atoms with Crippen molar-refractivity contribution in [1.82, 2.24) is 39.1 Å². The van der Waals surface area contributed by atoms with Gasteiger partial charge in [0.25, 0.3) is 5.56 Å². The molecule has 1 aliphatic carbocycles. The summed E-state index contributed by atoms with van der Waals surface area (Å²) in [6.07, 6.45) is 6.99. The van der Waals surface area contributed by atoms with Gasteiger partial charge in [-0.05, 0) is 31.4 Å². The summed E-state index contributed by atoms with van der Waals surface area (Å²) in [6.45, 7) is 2.26. The molecule has 1 atom stereocenters. The van der Waals surface area contributed by atoms with E-state index in [2.05, 4.69) is 15.1 Å². The molecule has 11 nitrogen and oxygen atoms in total. The third kappa shape index (κ3) is 3.44. The molecule has 184 valence electrons. The van der Waals surface area contributed by atoms with E-state index in [9.17, 15) is 14.3 Å². The molecule has 0 aliphatic heterocycles. The Morgan fingerprint density at radius 1 is 1.25 bits per heavy atom. The molecule has 1 aliphatic rings. The van der Waals surface area contributed by atoms with Gasteiger partial charge in [-0.1, -0.05) is 13.0 Å². The highest BCUT2D eigenvalue weighted by Crippen LogP contribution is 2.39. The van der Waals surface area contributed by atoms with Gasteiger partial charge >= 0.3 is 0 Å². The van der Waals surface area contributed by atoms with Crippen LogP contribution in [0.3, 0.4) is 0 Å². The summed E-state index contributed by atoms with van der Waals surface area (Å²) in [4.78, 5) is 26.9. The van der Waals surface area contributed by atoms with Crippen LogP contribution < -0.4 is 11.3 Å². The lowest BCUT2D eigenvalue weighted by Crippen LogP contribution is -2.29. The van der Waals surface area contributed by atoms with Gasteiger partial charge < -0.3 is 10.8 Å². The molecule has 4 aromatic heterocycles. The molecule has 6 rings (SSSR count). The summed E-state index contributed by atoms with van der Waals surface area (Å²) in [5.41, 5.74) is 7.92. The monoisotopic (exact) mass is 489 g/mol. The van der Waals surface area contributed by atoms with Crippen LogP contribution in [0.15, 0.2) is 41.7 Å². The summed E-state index contributed by atoms with van der Waals surface area (Å²) in [6, 6.07) is 3.98. The number of anilines is 1. The molecule has 0 saturated heterocycles. The molecule has 0 bridgehead atoms. The predicted molar refractivity (Wildman–Crippen MR) is 131 cm³/mol. The van der Waals surface area contributed by atoms with Gasteiger partial charge in [-0.2, -0.15) is 10.2 Å². The number of aliphatic hydroxyl groups excluding tert-OH is 1. The van der Waals surface area contributed by atoms with Crippen LogP contribution in [-0.2, 0) is 6.54 Å². The van der Waals surface area contributed by atoms with Gasteiger partial charge in [0.05, 0.1) is 30.3 Å². The van der Waals surface area contributed by atoms with Gasteiger partial charge in [-0.15, -0.1) is 0 Å². The summed E-state index contributed by atoms with van der Waals surface area (Å²) in [7, 11) is 0. The van der Waals surface area contributed by atoms with Crippen LogP contribution >= 0.6 is 0 Å². The maximum absolute atomic E-state index is 14.6. The van der Waals surface area contributed by atoms with Crippen molar-refractivity contribution in [3.8, 4) is 11.3 Å². The first kappa shape index (κ1) is 22.3. The average Bonchev–Trinajstić information content (AvgIpc) is 3.46. The third-order valence-electron chi connectivity index (χ3n) is 6.55. The number of rotatable bonds is 7. The number of halogens is 1. The Balaban J connectivity index is 1.60. The second kappa shape index (κ2) is 8.48. The van der Waals surface area contributed by atoms with Crippen LogP contribution in [0.5, 0.6) is 0 Å². The van der Waals surface area contributed by atoms with Gasteiger partial charge in [0.2, 0.25) is 0 Å². The molecule has 0 spiro atoms. The molecule has 36 heavy (non-hydrogen) atoms. The van der Waals surface area contributed by atoms with Crippen molar-refractivity contribution in [3.63, 3.8) is 0 Å². The maximum Gasteiger partial charge on any atom is 0.264 e. The normalized spacial score (nSPS) is 14.6. The lowest BCUT2D eigenvalue weighted by atomic mass is 10.1. The van der Waals surface area contributed by atoms with Crippen molar-refractivity contribution in [3.05, 3.63) is 58.9 Å². The van der Waals surface area contributed by atoms with Gasteiger partial charge in [0.15, 0.2) is 5.65 Å². The highest BCUT2D eigenvalue weighted by molar-refractivity contribution is 5.98. The van der Waals surface area contributed by atoms with Crippen molar-refractivity contribution in [1.29, 1.82) is 0 Å². The van der Waals surface area contributed by atoms with E-state index in [-0.39, 0.29) is 29.4 Å².